The molecule has 0 aliphatic rings. The lowest BCUT2D eigenvalue weighted by molar-refractivity contribution is 0.355. The number of anilines is 2. The molecular formula is C15H16ClNO2. The van der Waals surface area contributed by atoms with E-state index in [1.54, 1.807) is 14.2 Å². The maximum atomic E-state index is 5.89. The maximum Gasteiger partial charge on any atom is 0.162 e. The van der Waals surface area contributed by atoms with Gasteiger partial charge in [0.1, 0.15) is 0 Å². The zero-order valence-electron chi connectivity index (χ0n) is 11.2. The molecule has 3 nitrogen and oxygen atoms in total. The summed E-state index contributed by atoms with van der Waals surface area (Å²) in [5, 5.41) is 0.726. The Hall–Kier alpha value is -1.87. The molecule has 0 radical (unpaired) electrons. The van der Waals surface area contributed by atoms with Crippen LogP contribution in [0.3, 0.4) is 0 Å². The lowest BCUT2D eigenvalue weighted by atomic mass is 10.2. The third-order valence-corrected chi connectivity index (χ3v) is 3.22. The number of methoxy groups -OCH3 is 2. The molecule has 0 heterocycles. The molecule has 100 valence electrons. The fourth-order valence-corrected chi connectivity index (χ4v) is 1.97. The van der Waals surface area contributed by atoms with E-state index in [9.17, 15) is 0 Å². The minimum atomic E-state index is 0.709. The summed E-state index contributed by atoms with van der Waals surface area (Å²) in [4.78, 5) is 2.05. The minimum Gasteiger partial charge on any atom is -0.493 e. The van der Waals surface area contributed by atoms with Crippen molar-refractivity contribution in [2.45, 2.75) is 0 Å². The third kappa shape index (κ3) is 2.93. The number of rotatable bonds is 4. The molecule has 0 unspecified atom stereocenters. The molecule has 0 N–H and O–H groups in total. The molecule has 0 fully saturated rings. The van der Waals surface area contributed by atoms with Crippen molar-refractivity contribution in [1.82, 2.24) is 0 Å². The van der Waals surface area contributed by atoms with E-state index >= 15 is 0 Å². The Morgan fingerprint density at radius 1 is 0.842 bits per heavy atom. The van der Waals surface area contributed by atoms with Gasteiger partial charge in [-0.3, -0.25) is 0 Å². The van der Waals surface area contributed by atoms with Crippen molar-refractivity contribution in [3.63, 3.8) is 0 Å². The van der Waals surface area contributed by atoms with E-state index < -0.39 is 0 Å². The molecule has 2 aromatic carbocycles. The smallest absolute Gasteiger partial charge is 0.162 e. The number of benzene rings is 2. The second-order valence-corrected chi connectivity index (χ2v) is 4.51. The standard InChI is InChI=1S/C15H16ClNO2/c1-17(12-6-4-11(16)5-7-12)13-8-9-14(18-2)15(10-13)19-3/h4-10H,1-3H3. The molecule has 0 atom stereocenters. The fraction of sp³-hybridized carbons (Fsp3) is 0.200. The maximum absolute atomic E-state index is 5.89. The Morgan fingerprint density at radius 3 is 2.00 bits per heavy atom. The normalized spacial score (nSPS) is 10.1. The summed E-state index contributed by atoms with van der Waals surface area (Å²) in [5.74, 6) is 1.43. The van der Waals surface area contributed by atoms with Crippen LogP contribution < -0.4 is 14.4 Å². The lowest BCUT2D eigenvalue weighted by Gasteiger charge is -2.21. The average molecular weight is 278 g/mol. The molecule has 2 aromatic rings. The van der Waals surface area contributed by atoms with Crippen LogP contribution in [-0.2, 0) is 0 Å². The predicted molar refractivity (Wildman–Crippen MR) is 79.1 cm³/mol. The monoisotopic (exact) mass is 277 g/mol. The highest BCUT2D eigenvalue weighted by atomic mass is 35.5. The summed E-state index contributed by atoms with van der Waals surface area (Å²) in [6.45, 7) is 0. The van der Waals surface area contributed by atoms with Gasteiger partial charge < -0.3 is 14.4 Å². The minimum absolute atomic E-state index is 0.709. The Bertz CT molecular complexity index is 555. The van der Waals surface area contributed by atoms with Crippen LogP contribution in [0.25, 0.3) is 0 Å². The van der Waals surface area contributed by atoms with Crippen molar-refractivity contribution in [1.29, 1.82) is 0 Å². The quantitative estimate of drug-likeness (QED) is 0.839. The van der Waals surface area contributed by atoms with Gasteiger partial charge in [0.25, 0.3) is 0 Å². The van der Waals surface area contributed by atoms with Gasteiger partial charge in [-0.2, -0.15) is 0 Å². The van der Waals surface area contributed by atoms with E-state index in [1.807, 2.05) is 49.5 Å². The van der Waals surface area contributed by atoms with Gasteiger partial charge in [0.2, 0.25) is 0 Å². The summed E-state index contributed by atoms with van der Waals surface area (Å²) in [5.41, 5.74) is 2.07. The summed E-state index contributed by atoms with van der Waals surface area (Å²) < 4.78 is 10.5. The first-order chi connectivity index (χ1) is 9.15. The van der Waals surface area contributed by atoms with Gasteiger partial charge in [-0.05, 0) is 36.4 Å². The van der Waals surface area contributed by atoms with Crippen LogP contribution >= 0.6 is 11.6 Å². The summed E-state index contributed by atoms with van der Waals surface area (Å²) >= 11 is 5.89. The molecule has 19 heavy (non-hydrogen) atoms. The van der Waals surface area contributed by atoms with Crippen molar-refractivity contribution < 1.29 is 9.47 Å². The van der Waals surface area contributed by atoms with Crippen molar-refractivity contribution >= 4 is 23.0 Å². The van der Waals surface area contributed by atoms with Crippen LogP contribution in [0, 0.1) is 0 Å². The van der Waals surface area contributed by atoms with Gasteiger partial charge in [0.05, 0.1) is 14.2 Å². The van der Waals surface area contributed by atoms with E-state index in [2.05, 4.69) is 4.90 Å². The van der Waals surface area contributed by atoms with E-state index in [0.717, 1.165) is 22.1 Å². The highest BCUT2D eigenvalue weighted by molar-refractivity contribution is 6.30. The van der Waals surface area contributed by atoms with E-state index in [1.165, 1.54) is 0 Å². The topological polar surface area (TPSA) is 21.7 Å². The molecule has 0 amide bonds. The number of hydrogen-bond acceptors (Lipinski definition) is 3. The van der Waals surface area contributed by atoms with Gasteiger partial charge in [-0.25, -0.2) is 0 Å². The zero-order valence-corrected chi connectivity index (χ0v) is 11.9. The van der Waals surface area contributed by atoms with Crippen LogP contribution in [0.5, 0.6) is 11.5 Å². The molecule has 0 aliphatic heterocycles. The molecule has 0 bridgehead atoms. The number of halogens is 1. The van der Waals surface area contributed by atoms with Crippen LogP contribution in [0.2, 0.25) is 5.02 Å². The second kappa shape index (κ2) is 5.85. The molecule has 0 saturated heterocycles. The molecule has 0 spiro atoms. The summed E-state index contributed by atoms with van der Waals surface area (Å²) in [6, 6.07) is 13.5. The van der Waals surface area contributed by atoms with Gasteiger partial charge in [-0.1, -0.05) is 11.6 Å². The molecule has 4 heteroatoms. The van der Waals surface area contributed by atoms with Gasteiger partial charge in [0, 0.05) is 29.5 Å². The first kappa shape index (κ1) is 13.6. The van der Waals surface area contributed by atoms with Crippen LogP contribution in [0.4, 0.5) is 11.4 Å². The first-order valence-corrected chi connectivity index (χ1v) is 6.25. The second-order valence-electron chi connectivity index (χ2n) is 4.07. The largest absolute Gasteiger partial charge is 0.493 e. The van der Waals surface area contributed by atoms with E-state index in [0.29, 0.717) is 5.75 Å². The van der Waals surface area contributed by atoms with Crippen molar-refractivity contribution in [3.05, 3.63) is 47.5 Å². The fourth-order valence-electron chi connectivity index (χ4n) is 1.85. The van der Waals surface area contributed by atoms with Crippen LogP contribution in [0.1, 0.15) is 0 Å². The third-order valence-electron chi connectivity index (χ3n) is 2.97. The first-order valence-electron chi connectivity index (χ1n) is 5.87. The molecule has 0 saturated carbocycles. The SMILES string of the molecule is COc1ccc(N(C)c2ccc(Cl)cc2)cc1OC. The molecular weight excluding hydrogens is 262 g/mol. The van der Waals surface area contributed by atoms with Crippen molar-refractivity contribution in [3.8, 4) is 11.5 Å². The summed E-state index contributed by atoms with van der Waals surface area (Å²) in [6.07, 6.45) is 0. The molecule has 0 aromatic heterocycles. The van der Waals surface area contributed by atoms with Crippen molar-refractivity contribution in [2.75, 3.05) is 26.2 Å². The number of ether oxygens (including phenoxy) is 2. The van der Waals surface area contributed by atoms with Crippen LogP contribution in [-0.4, -0.2) is 21.3 Å². The Kier molecular flexibility index (Phi) is 4.17. The van der Waals surface area contributed by atoms with Gasteiger partial charge >= 0.3 is 0 Å². The van der Waals surface area contributed by atoms with Gasteiger partial charge in [0.15, 0.2) is 11.5 Å². The van der Waals surface area contributed by atoms with E-state index in [-0.39, 0.29) is 0 Å². The predicted octanol–water partition coefficient (Wildman–Crippen LogP) is 4.13. The average Bonchev–Trinajstić information content (AvgIpc) is 2.46. The summed E-state index contributed by atoms with van der Waals surface area (Å²) in [7, 11) is 5.24. The molecule has 0 aliphatic carbocycles. The van der Waals surface area contributed by atoms with Crippen LogP contribution in [0.15, 0.2) is 42.5 Å². The highest BCUT2D eigenvalue weighted by Crippen LogP contribution is 2.33. The highest BCUT2D eigenvalue weighted by Gasteiger charge is 2.09. The Morgan fingerprint density at radius 2 is 1.42 bits per heavy atom. The van der Waals surface area contributed by atoms with Crippen molar-refractivity contribution in [2.24, 2.45) is 0 Å². The van der Waals surface area contributed by atoms with E-state index in [4.69, 9.17) is 21.1 Å². The molecule has 2 rings (SSSR count). The lowest BCUT2D eigenvalue weighted by Crippen LogP contribution is -2.09. The zero-order chi connectivity index (χ0) is 13.8. The number of hydrogen-bond donors (Lipinski definition) is 0. The van der Waals surface area contributed by atoms with Gasteiger partial charge in [-0.15, -0.1) is 0 Å². The number of nitrogens with zero attached hydrogens (tertiary/aromatic N) is 1. The Balaban J connectivity index is 2.33. The Labute approximate surface area is 118 Å².